The van der Waals surface area contributed by atoms with Gasteiger partial charge in [0, 0.05) is 20.0 Å². The van der Waals surface area contributed by atoms with E-state index in [1.807, 2.05) is 0 Å². The number of aliphatic hydroxyl groups is 1. The summed E-state index contributed by atoms with van der Waals surface area (Å²) in [6.45, 7) is 0.235. The van der Waals surface area contributed by atoms with Crippen LogP contribution >= 0.6 is 11.8 Å². The van der Waals surface area contributed by atoms with E-state index in [0.29, 0.717) is 30.4 Å². The smallest absolute Gasteiger partial charge is 0.313 e. The minimum absolute atomic E-state index is 0.0360. The van der Waals surface area contributed by atoms with Gasteiger partial charge in [-0.2, -0.15) is 0 Å². The van der Waals surface area contributed by atoms with Crippen molar-refractivity contribution in [2.75, 3.05) is 19.3 Å². The fourth-order valence-electron chi connectivity index (χ4n) is 2.21. The number of nitrogens with zero attached hydrogens (tertiary/aromatic N) is 4. The number of amides is 1. The predicted octanol–water partition coefficient (Wildman–Crippen LogP) is -0.260. The number of thioether (sulfide) groups is 1. The van der Waals surface area contributed by atoms with Crippen molar-refractivity contribution < 1.29 is 19.8 Å². The fraction of sp³-hybridized carbons (Fsp3) is 0.636. The normalized spacial score (nSPS) is 19.4. The molecule has 110 valence electrons. The summed E-state index contributed by atoms with van der Waals surface area (Å²) in [6, 6.07) is -0.0360. The zero-order valence-corrected chi connectivity index (χ0v) is 11.8. The van der Waals surface area contributed by atoms with Gasteiger partial charge in [-0.1, -0.05) is 11.8 Å². The highest BCUT2D eigenvalue weighted by atomic mass is 32.2. The van der Waals surface area contributed by atoms with Crippen LogP contribution in [0.15, 0.2) is 5.16 Å². The Kier molecular flexibility index (Phi) is 4.61. The Morgan fingerprint density at radius 2 is 2.25 bits per heavy atom. The number of aromatic nitrogens is 3. The van der Waals surface area contributed by atoms with Crippen LogP contribution in [0.4, 0.5) is 0 Å². The third-order valence-corrected chi connectivity index (χ3v) is 4.10. The van der Waals surface area contributed by atoms with Crippen LogP contribution in [0.25, 0.3) is 0 Å². The summed E-state index contributed by atoms with van der Waals surface area (Å²) in [4.78, 5) is 23.8. The van der Waals surface area contributed by atoms with Crippen molar-refractivity contribution >= 4 is 23.6 Å². The summed E-state index contributed by atoms with van der Waals surface area (Å²) < 4.78 is 1.75. The minimum atomic E-state index is -0.939. The number of aliphatic carboxylic acids is 1. The number of aliphatic hydroxyl groups excluding tert-OH is 1. The summed E-state index contributed by atoms with van der Waals surface area (Å²) in [7, 11) is 1.72. The van der Waals surface area contributed by atoms with Crippen molar-refractivity contribution in [1.82, 2.24) is 19.7 Å². The molecule has 1 unspecified atom stereocenters. The molecule has 1 aliphatic rings. The van der Waals surface area contributed by atoms with Crippen LogP contribution in [0.3, 0.4) is 0 Å². The molecule has 1 atom stereocenters. The number of carboxylic acids is 1. The molecule has 8 nitrogen and oxygen atoms in total. The van der Waals surface area contributed by atoms with Gasteiger partial charge in [-0.25, -0.2) is 0 Å². The molecule has 0 bridgehead atoms. The number of likely N-dealkylation sites (tertiary alicyclic amines) is 1. The Balaban J connectivity index is 2.22. The maximum absolute atomic E-state index is 11.5. The van der Waals surface area contributed by atoms with Gasteiger partial charge in [0.1, 0.15) is 6.61 Å². The first kappa shape index (κ1) is 14.8. The molecule has 2 heterocycles. The molecular formula is C11H16N4O4S. The number of hydrogen-bond acceptors (Lipinski definition) is 6. The first-order valence-electron chi connectivity index (χ1n) is 6.16. The molecule has 1 aliphatic heterocycles. The summed E-state index contributed by atoms with van der Waals surface area (Å²) in [6.07, 6.45) is 1.06. The highest BCUT2D eigenvalue weighted by Crippen LogP contribution is 2.28. The van der Waals surface area contributed by atoms with Crippen LogP contribution < -0.4 is 0 Å². The average Bonchev–Trinajstić information content (AvgIpc) is 2.82. The molecule has 0 aromatic carbocycles. The number of piperidine rings is 1. The minimum Gasteiger partial charge on any atom is -0.481 e. The van der Waals surface area contributed by atoms with Crippen LogP contribution in [0.1, 0.15) is 24.7 Å². The summed E-state index contributed by atoms with van der Waals surface area (Å²) in [5.41, 5.74) is 0. The zero-order chi connectivity index (χ0) is 14.7. The lowest BCUT2D eigenvalue weighted by molar-refractivity contribution is -0.134. The van der Waals surface area contributed by atoms with Crippen molar-refractivity contribution in [3.05, 3.63) is 5.82 Å². The molecule has 20 heavy (non-hydrogen) atoms. The quantitative estimate of drug-likeness (QED) is 0.721. The topological polar surface area (TPSA) is 109 Å². The Morgan fingerprint density at radius 1 is 1.50 bits per heavy atom. The maximum atomic E-state index is 11.5. The van der Waals surface area contributed by atoms with E-state index in [0.717, 1.165) is 11.8 Å². The van der Waals surface area contributed by atoms with Crippen molar-refractivity contribution in [2.45, 2.75) is 30.6 Å². The second kappa shape index (κ2) is 6.23. The number of carboxylic acid groups (broad SMARTS) is 1. The second-order valence-electron chi connectivity index (χ2n) is 4.58. The van der Waals surface area contributed by atoms with E-state index in [2.05, 4.69) is 10.2 Å². The lowest BCUT2D eigenvalue weighted by atomic mass is 10.1. The van der Waals surface area contributed by atoms with Crippen molar-refractivity contribution in [3.63, 3.8) is 0 Å². The second-order valence-corrected chi connectivity index (χ2v) is 5.52. The molecule has 0 radical (unpaired) electrons. The van der Waals surface area contributed by atoms with Gasteiger partial charge >= 0.3 is 5.97 Å². The van der Waals surface area contributed by atoms with Crippen LogP contribution in [0.2, 0.25) is 0 Å². The molecule has 9 heteroatoms. The first-order valence-corrected chi connectivity index (χ1v) is 7.14. The molecule has 2 rings (SSSR count). The Hall–Kier alpha value is -1.61. The van der Waals surface area contributed by atoms with Gasteiger partial charge in [-0.05, 0) is 6.42 Å². The number of likely N-dealkylation sites (N-methyl/N-ethyl adjacent to an activating group) is 1. The van der Waals surface area contributed by atoms with Gasteiger partial charge in [0.05, 0.1) is 11.8 Å². The molecule has 1 fully saturated rings. The lowest BCUT2D eigenvalue weighted by Crippen LogP contribution is -2.38. The fourth-order valence-corrected chi connectivity index (χ4v) is 2.95. The van der Waals surface area contributed by atoms with E-state index >= 15 is 0 Å². The molecule has 1 aromatic heterocycles. The standard InChI is InChI=1S/C11H16N4O4S/c1-14-4-7(2-3-9(14)17)15-8(5-16)12-13-11(15)20-6-10(18)19/h7,16H,2-6H2,1H3,(H,18,19). The summed E-state index contributed by atoms with van der Waals surface area (Å²) in [5.74, 6) is -0.582. The van der Waals surface area contributed by atoms with E-state index in [4.69, 9.17) is 5.11 Å². The van der Waals surface area contributed by atoms with Gasteiger partial charge in [-0.3, -0.25) is 14.2 Å². The van der Waals surface area contributed by atoms with E-state index in [1.165, 1.54) is 0 Å². The predicted molar refractivity (Wildman–Crippen MR) is 70.2 cm³/mol. The van der Waals surface area contributed by atoms with Crippen LogP contribution in [0.5, 0.6) is 0 Å². The third kappa shape index (κ3) is 3.10. The molecule has 2 N–H and O–H groups in total. The van der Waals surface area contributed by atoms with Gasteiger partial charge in [-0.15, -0.1) is 10.2 Å². The Morgan fingerprint density at radius 3 is 2.85 bits per heavy atom. The Bertz CT molecular complexity index is 519. The monoisotopic (exact) mass is 300 g/mol. The molecule has 0 aliphatic carbocycles. The van der Waals surface area contributed by atoms with Crippen LogP contribution in [0, 0.1) is 0 Å². The molecule has 0 spiro atoms. The molecule has 1 amide bonds. The van der Waals surface area contributed by atoms with E-state index in [-0.39, 0.29) is 24.3 Å². The maximum Gasteiger partial charge on any atom is 0.313 e. The van der Waals surface area contributed by atoms with Crippen molar-refractivity contribution in [3.8, 4) is 0 Å². The van der Waals surface area contributed by atoms with Crippen LogP contribution in [-0.4, -0.2) is 61.1 Å². The third-order valence-electron chi connectivity index (χ3n) is 3.17. The number of carbonyl (C=O) groups is 2. The lowest BCUT2D eigenvalue weighted by Gasteiger charge is -2.31. The largest absolute Gasteiger partial charge is 0.481 e. The number of carbonyl (C=O) groups excluding carboxylic acids is 1. The zero-order valence-electron chi connectivity index (χ0n) is 11.0. The van der Waals surface area contributed by atoms with E-state index in [1.54, 1.807) is 16.5 Å². The molecule has 1 aromatic rings. The van der Waals surface area contributed by atoms with Gasteiger partial charge in [0.25, 0.3) is 0 Å². The molecule has 0 saturated carbocycles. The van der Waals surface area contributed by atoms with Crippen molar-refractivity contribution in [1.29, 1.82) is 0 Å². The molecular weight excluding hydrogens is 284 g/mol. The highest BCUT2D eigenvalue weighted by molar-refractivity contribution is 7.99. The summed E-state index contributed by atoms with van der Waals surface area (Å²) >= 11 is 1.06. The molecule has 1 saturated heterocycles. The average molecular weight is 300 g/mol. The SMILES string of the molecule is CN1CC(n2c(CO)nnc2SCC(=O)O)CCC1=O. The van der Waals surface area contributed by atoms with E-state index < -0.39 is 5.97 Å². The van der Waals surface area contributed by atoms with Gasteiger partial charge in [0.2, 0.25) is 5.91 Å². The van der Waals surface area contributed by atoms with Gasteiger partial charge in [0.15, 0.2) is 11.0 Å². The van der Waals surface area contributed by atoms with Crippen molar-refractivity contribution in [2.24, 2.45) is 0 Å². The first-order chi connectivity index (χ1) is 9.52. The highest BCUT2D eigenvalue weighted by Gasteiger charge is 2.28. The Labute approximate surface area is 119 Å². The number of rotatable bonds is 5. The van der Waals surface area contributed by atoms with E-state index in [9.17, 15) is 14.7 Å². The summed E-state index contributed by atoms with van der Waals surface area (Å²) in [5, 5.41) is 26.3. The van der Waals surface area contributed by atoms with Gasteiger partial charge < -0.3 is 15.1 Å². The van der Waals surface area contributed by atoms with Crippen LogP contribution in [-0.2, 0) is 16.2 Å². The number of hydrogen-bond donors (Lipinski definition) is 2.